The zero-order valence-electron chi connectivity index (χ0n) is 10.3. The highest BCUT2D eigenvalue weighted by atomic mass is 16.5. The minimum absolute atomic E-state index is 0.0972. The summed E-state index contributed by atoms with van der Waals surface area (Å²) in [7, 11) is 3.63. The highest BCUT2D eigenvalue weighted by molar-refractivity contribution is 5.77. The molecule has 0 bridgehead atoms. The van der Waals surface area contributed by atoms with E-state index >= 15 is 0 Å². The molecule has 1 aliphatic rings. The predicted octanol–water partition coefficient (Wildman–Crippen LogP) is -0.567. The van der Waals surface area contributed by atoms with Crippen molar-refractivity contribution in [3.05, 3.63) is 0 Å². The van der Waals surface area contributed by atoms with Crippen LogP contribution in [0.4, 0.5) is 0 Å². The summed E-state index contributed by atoms with van der Waals surface area (Å²) < 4.78 is 4.87. The number of amides is 1. The van der Waals surface area contributed by atoms with E-state index in [9.17, 15) is 4.79 Å². The lowest BCUT2D eigenvalue weighted by molar-refractivity contribution is -0.122. The van der Waals surface area contributed by atoms with Crippen molar-refractivity contribution < 1.29 is 9.53 Å². The Kier molecular flexibility index (Phi) is 6.37. The van der Waals surface area contributed by atoms with Crippen LogP contribution in [0.1, 0.15) is 12.8 Å². The maximum Gasteiger partial charge on any atom is 0.234 e. The second-order valence-electron chi connectivity index (χ2n) is 4.18. The number of carbonyl (C=O) groups excluding carboxylic acids is 1. The molecule has 1 fully saturated rings. The fourth-order valence-electron chi connectivity index (χ4n) is 1.93. The van der Waals surface area contributed by atoms with Gasteiger partial charge < -0.3 is 15.4 Å². The monoisotopic (exact) mass is 229 g/mol. The lowest BCUT2D eigenvalue weighted by Crippen LogP contribution is -2.45. The van der Waals surface area contributed by atoms with Crippen LogP contribution in [0.5, 0.6) is 0 Å². The van der Waals surface area contributed by atoms with Crippen LogP contribution < -0.4 is 10.6 Å². The number of hydrogen-bond acceptors (Lipinski definition) is 4. The van der Waals surface area contributed by atoms with E-state index in [4.69, 9.17) is 4.74 Å². The van der Waals surface area contributed by atoms with Crippen molar-refractivity contribution >= 4 is 5.91 Å². The number of nitrogens with one attached hydrogen (secondary N) is 2. The molecule has 1 aliphatic heterocycles. The van der Waals surface area contributed by atoms with E-state index in [0.29, 0.717) is 25.7 Å². The Labute approximate surface area is 97.5 Å². The summed E-state index contributed by atoms with van der Waals surface area (Å²) in [6.45, 7) is 3.70. The van der Waals surface area contributed by atoms with Gasteiger partial charge in [-0.3, -0.25) is 9.69 Å². The number of hydrogen-bond donors (Lipinski definition) is 2. The highest BCUT2D eigenvalue weighted by Gasteiger charge is 2.19. The van der Waals surface area contributed by atoms with Gasteiger partial charge in [-0.15, -0.1) is 0 Å². The Morgan fingerprint density at radius 1 is 1.44 bits per heavy atom. The molecule has 0 aromatic rings. The average molecular weight is 229 g/mol. The molecule has 1 amide bonds. The number of likely N-dealkylation sites (tertiary alicyclic amines) is 1. The molecule has 94 valence electrons. The van der Waals surface area contributed by atoms with Gasteiger partial charge in [-0.1, -0.05) is 0 Å². The summed E-state index contributed by atoms with van der Waals surface area (Å²) in [5.74, 6) is 0.0972. The van der Waals surface area contributed by atoms with Crippen LogP contribution in [0.2, 0.25) is 0 Å². The van der Waals surface area contributed by atoms with Crippen molar-refractivity contribution in [2.45, 2.75) is 18.9 Å². The van der Waals surface area contributed by atoms with E-state index in [1.165, 1.54) is 0 Å². The molecular formula is C11H23N3O2. The molecule has 0 unspecified atom stereocenters. The molecule has 0 atom stereocenters. The number of nitrogens with zero attached hydrogens (tertiary/aromatic N) is 1. The quantitative estimate of drug-likeness (QED) is 0.599. The second-order valence-corrected chi connectivity index (χ2v) is 4.18. The summed E-state index contributed by atoms with van der Waals surface area (Å²) in [6.07, 6.45) is 2.25. The summed E-state index contributed by atoms with van der Waals surface area (Å²) in [4.78, 5) is 13.7. The molecule has 5 nitrogen and oxygen atoms in total. The molecule has 1 heterocycles. The molecular weight excluding hydrogens is 206 g/mol. The Hall–Kier alpha value is -0.650. The lowest BCUT2D eigenvalue weighted by atomic mass is 10.1. The van der Waals surface area contributed by atoms with Gasteiger partial charge in [0.05, 0.1) is 13.2 Å². The standard InChI is InChI=1S/C11H23N3O2/c1-12-10-3-6-14(7-4-10)9-11(15)13-5-8-16-2/h10,12H,3-9H2,1-2H3,(H,13,15). The van der Waals surface area contributed by atoms with Gasteiger partial charge in [0.2, 0.25) is 5.91 Å². The van der Waals surface area contributed by atoms with Crippen LogP contribution >= 0.6 is 0 Å². The summed E-state index contributed by atoms with van der Waals surface area (Å²) in [5, 5.41) is 6.11. The molecule has 0 saturated carbocycles. The predicted molar refractivity (Wildman–Crippen MR) is 63.4 cm³/mol. The van der Waals surface area contributed by atoms with Crippen LogP contribution in [0.25, 0.3) is 0 Å². The van der Waals surface area contributed by atoms with Crippen LogP contribution in [0, 0.1) is 0 Å². The van der Waals surface area contributed by atoms with E-state index in [0.717, 1.165) is 25.9 Å². The molecule has 0 aliphatic carbocycles. The summed E-state index contributed by atoms with van der Waals surface area (Å²) in [5.41, 5.74) is 0. The third-order valence-corrected chi connectivity index (χ3v) is 2.99. The van der Waals surface area contributed by atoms with Crippen molar-refractivity contribution in [2.75, 3.05) is 46.9 Å². The maximum absolute atomic E-state index is 11.5. The van der Waals surface area contributed by atoms with Crippen molar-refractivity contribution in [3.8, 4) is 0 Å². The number of methoxy groups -OCH3 is 1. The first-order valence-corrected chi connectivity index (χ1v) is 5.91. The normalized spacial score (nSPS) is 18.6. The SMILES string of the molecule is CNC1CCN(CC(=O)NCCOC)CC1. The van der Waals surface area contributed by atoms with E-state index in [2.05, 4.69) is 15.5 Å². The molecule has 1 saturated heterocycles. The van der Waals surface area contributed by atoms with Crippen LogP contribution in [-0.4, -0.2) is 63.8 Å². The highest BCUT2D eigenvalue weighted by Crippen LogP contribution is 2.08. The first-order valence-electron chi connectivity index (χ1n) is 5.91. The van der Waals surface area contributed by atoms with Crippen molar-refractivity contribution in [1.82, 2.24) is 15.5 Å². The minimum atomic E-state index is 0.0972. The number of piperidine rings is 1. The van der Waals surface area contributed by atoms with Gasteiger partial charge in [0.1, 0.15) is 0 Å². The van der Waals surface area contributed by atoms with Gasteiger partial charge in [-0.25, -0.2) is 0 Å². The van der Waals surface area contributed by atoms with E-state index in [-0.39, 0.29) is 5.91 Å². The zero-order valence-corrected chi connectivity index (χ0v) is 10.3. The smallest absolute Gasteiger partial charge is 0.234 e. The van der Waals surface area contributed by atoms with Gasteiger partial charge in [0.15, 0.2) is 0 Å². The molecule has 2 N–H and O–H groups in total. The zero-order chi connectivity index (χ0) is 11.8. The van der Waals surface area contributed by atoms with E-state index in [1.54, 1.807) is 7.11 Å². The topological polar surface area (TPSA) is 53.6 Å². The molecule has 0 aromatic carbocycles. The number of rotatable bonds is 6. The first-order chi connectivity index (χ1) is 7.76. The van der Waals surface area contributed by atoms with Crippen LogP contribution in [-0.2, 0) is 9.53 Å². The van der Waals surface area contributed by atoms with E-state index in [1.807, 2.05) is 7.05 Å². The largest absolute Gasteiger partial charge is 0.383 e. The van der Waals surface area contributed by atoms with Crippen LogP contribution in [0.15, 0.2) is 0 Å². The van der Waals surface area contributed by atoms with Gasteiger partial charge >= 0.3 is 0 Å². The Morgan fingerprint density at radius 3 is 2.69 bits per heavy atom. The lowest BCUT2D eigenvalue weighted by Gasteiger charge is -2.31. The third kappa shape index (κ3) is 4.92. The Morgan fingerprint density at radius 2 is 2.12 bits per heavy atom. The number of ether oxygens (including phenoxy) is 1. The minimum Gasteiger partial charge on any atom is -0.383 e. The number of carbonyl (C=O) groups is 1. The van der Waals surface area contributed by atoms with Gasteiger partial charge in [-0.05, 0) is 19.9 Å². The van der Waals surface area contributed by atoms with Crippen molar-refractivity contribution in [1.29, 1.82) is 0 Å². The Balaban J connectivity index is 2.10. The average Bonchev–Trinajstić information content (AvgIpc) is 2.30. The second kappa shape index (κ2) is 7.60. The molecule has 0 radical (unpaired) electrons. The molecule has 0 aromatic heterocycles. The Bertz CT molecular complexity index is 203. The summed E-state index contributed by atoms with van der Waals surface area (Å²) in [6, 6.07) is 0.618. The van der Waals surface area contributed by atoms with Gasteiger partial charge in [-0.2, -0.15) is 0 Å². The molecule has 0 spiro atoms. The van der Waals surface area contributed by atoms with Crippen LogP contribution in [0.3, 0.4) is 0 Å². The summed E-state index contributed by atoms with van der Waals surface area (Å²) >= 11 is 0. The maximum atomic E-state index is 11.5. The molecule has 5 heteroatoms. The fourth-order valence-corrected chi connectivity index (χ4v) is 1.93. The van der Waals surface area contributed by atoms with Crippen molar-refractivity contribution in [2.24, 2.45) is 0 Å². The molecule has 1 rings (SSSR count). The fraction of sp³-hybridized carbons (Fsp3) is 0.909. The first kappa shape index (κ1) is 13.4. The van der Waals surface area contributed by atoms with Gasteiger partial charge in [0.25, 0.3) is 0 Å². The van der Waals surface area contributed by atoms with E-state index < -0.39 is 0 Å². The van der Waals surface area contributed by atoms with Crippen molar-refractivity contribution in [3.63, 3.8) is 0 Å². The molecule has 16 heavy (non-hydrogen) atoms. The third-order valence-electron chi connectivity index (χ3n) is 2.99. The van der Waals surface area contributed by atoms with Gasteiger partial charge in [0, 0.05) is 32.8 Å².